The number of benzene rings is 1. The van der Waals surface area contributed by atoms with E-state index >= 15 is 0 Å². The van der Waals surface area contributed by atoms with Crippen LogP contribution in [0.1, 0.15) is 17.0 Å². The largest absolute Gasteiger partial charge is 0.459 e. The van der Waals surface area contributed by atoms with E-state index in [4.69, 9.17) is 16.0 Å². The first-order valence-electron chi connectivity index (χ1n) is 7.87. The number of hydrogen-bond donors (Lipinski definition) is 3. The summed E-state index contributed by atoms with van der Waals surface area (Å²) in [6.07, 6.45) is 1.80. The molecule has 1 saturated heterocycles. The molecule has 6 nitrogen and oxygen atoms in total. The smallest absolute Gasteiger partial charge is 0.291 e. The predicted octanol–water partition coefficient (Wildman–Crippen LogP) is 3.64. The zero-order chi connectivity index (χ0) is 17.6. The molecule has 0 saturated carbocycles. The Kier molecular flexibility index (Phi) is 7.84. The molecule has 2 heterocycles. The topological polar surface area (TPSA) is 83.4 Å². The Morgan fingerprint density at radius 2 is 2.12 bits per heavy atom. The Labute approximate surface area is 166 Å². The van der Waals surface area contributed by atoms with Gasteiger partial charge in [-0.3, -0.25) is 9.59 Å². The van der Waals surface area contributed by atoms with E-state index in [1.54, 1.807) is 30.3 Å². The average molecular weight is 416 g/mol. The number of nitrogens with one attached hydrogen (secondary N) is 3. The normalized spacial score (nSPS) is 16.4. The third-order valence-electron chi connectivity index (χ3n) is 3.68. The Balaban J connectivity index is 0.00000243. The number of thioether (sulfide) groups is 1. The number of hydrogen-bond acceptors (Lipinski definition) is 5. The van der Waals surface area contributed by atoms with Gasteiger partial charge in [-0.25, -0.2) is 0 Å². The lowest BCUT2D eigenvalue weighted by Crippen LogP contribution is -2.39. The van der Waals surface area contributed by atoms with E-state index in [1.165, 1.54) is 6.26 Å². The third-order valence-corrected chi connectivity index (χ3v) is 5.05. The van der Waals surface area contributed by atoms with Gasteiger partial charge >= 0.3 is 0 Å². The zero-order valence-electron chi connectivity index (χ0n) is 13.8. The molecule has 1 fully saturated rings. The molecule has 3 N–H and O–H groups in total. The molecular formula is C17H19Cl2N3O3S. The fraction of sp³-hybridized carbons (Fsp3) is 0.294. The molecule has 1 unspecified atom stereocenters. The average Bonchev–Trinajstić information content (AvgIpc) is 3.13. The minimum Gasteiger partial charge on any atom is -0.459 e. The van der Waals surface area contributed by atoms with Gasteiger partial charge in [-0.2, -0.15) is 11.8 Å². The van der Waals surface area contributed by atoms with Gasteiger partial charge in [0.15, 0.2) is 5.76 Å². The number of carbonyl (C=O) groups is 2. The Morgan fingerprint density at radius 3 is 2.81 bits per heavy atom. The Morgan fingerprint density at radius 1 is 1.27 bits per heavy atom. The molecule has 1 aliphatic rings. The van der Waals surface area contributed by atoms with Crippen molar-refractivity contribution in [3.05, 3.63) is 47.4 Å². The van der Waals surface area contributed by atoms with Crippen LogP contribution >= 0.6 is 35.8 Å². The first kappa shape index (κ1) is 20.6. The van der Waals surface area contributed by atoms with E-state index < -0.39 is 5.91 Å². The van der Waals surface area contributed by atoms with Gasteiger partial charge < -0.3 is 20.4 Å². The van der Waals surface area contributed by atoms with Crippen LogP contribution in [0.15, 0.2) is 41.0 Å². The van der Waals surface area contributed by atoms with Gasteiger partial charge in [-0.15, -0.1) is 12.4 Å². The van der Waals surface area contributed by atoms with Crippen LogP contribution in [0.5, 0.6) is 0 Å². The third kappa shape index (κ3) is 5.67. The summed E-state index contributed by atoms with van der Waals surface area (Å²) in [5.74, 6) is 1.64. The van der Waals surface area contributed by atoms with Gasteiger partial charge in [0.25, 0.3) is 5.91 Å². The number of anilines is 2. The molecule has 0 aliphatic carbocycles. The van der Waals surface area contributed by atoms with Gasteiger partial charge in [0, 0.05) is 35.5 Å². The second kappa shape index (κ2) is 9.87. The lowest BCUT2D eigenvalue weighted by Gasteiger charge is -2.22. The minimum atomic E-state index is -0.409. The number of furan rings is 1. The molecule has 3 rings (SSSR count). The lowest BCUT2D eigenvalue weighted by molar-refractivity contribution is -0.116. The molecule has 0 spiro atoms. The van der Waals surface area contributed by atoms with Crippen LogP contribution in [0.4, 0.5) is 11.4 Å². The van der Waals surface area contributed by atoms with Crippen molar-refractivity contribution in [2.45, 2.75) is 12.5 Å². The summed E-state index contributed by atoms with van der Waals surface area (Å²) in [6, 6.07) is 8.27. The molecule has 1 aliphatic heterocycles. The van der Waals surface area contributed by atoms with Gasteiger partial charge in [0.05, 0.1) is 17.6 Å². The number of halogens is 2. The molecule has 140 valence electrons. The highest BCUT2D eigenvalue weighted by molar-refractivity contribution is 7.99. The highest BCUT2D eigenvalue weighted by Gasteiger charge is 2.18. The van der Waals surface area contributed by atoms with Crippen molar-refractivity contribution in [1.29, 1.82) is 0 Å². The van der Waals surface area contributed by atoms with Gasteiger partial charge in [0.1, 0.15) is 0 Å². The summed E-state index contributed by atoms with van der Waals surface area (Å²) in [7, 11) is 0. The zero-order valence-corrected chi connectivity index (χ0v) is 16.2. The van der Waals surface area contributed by atoms with E-state index in [0.717, 1.165) is 18.1 Å². The summed E-state index contributed by atoms with van der Waals surface area (Å²) in [5.41, 5.74) is 0.922. The summed E-state index contributed by atoms with van der Waals surface area (Å²) >= 11 is 7.85. The van der Waals surface area contributed by atoms with Crippen molar-refractivity contribution in [3.8, 4) is 0 Å². The molecule has 1 atom stereocenters. The van der Waals surface area contributed by atoms with E-state index in [-0.39, 0.29) is 30.1 Å². The van der Waals surface area contributed by atoms with Crippen molar-refractivity contribution in [2.24, 2.45) is 0 Å². The first-order valence-corrected chi connectivity index (χ1v) is 9.40. The summed E-state index contributed by atoms with van der Waals surface area (Å²) in [5, 5.41) is 9.34. The molecule has 2 amide bonds. The van der Waals surface area contributed by atoms with E-state index in [1.807, 2.05) is 11.8 Å². The minimum absolute atomic E-state index is 0. The number of rotatable bonds is 5. The van der Waals surface area contributed by atoms with Crippen LogP contribution in [0.25, 0.3) is 0 Å². The monoisotopic (exact) mass is 415 g/mol. The van der Waals surface area contributed by atoms with Crippen molar-refractivity contribution in [1.82, 2.24) is 5.32 Å². The van der Waals surface area contributed by atoms with Crippen LogP contribution in [0.2, 0.25) is 5.02 Å². The highest BCUT2D eigenvalue weighted by atomic mass is 35.5. The van der Waals surface area contributed by atoms with Crippen molar-refractivity contribution < 1.29 is 14.0 Å². The molecule has 26 heavy (non-hydrogen) atoms. The van der Waals surface area contributed by atoms with Gasteiger partial charge in [0.2, 0.25) is 5.91 Å². The summed E-state index contributed by atoms with van der Waals surface area (Å²) < 4.78 is 5.08. The van der Waals surface area contributed by atoms with E-state index in [0.29, 0.717) is 22.8 Å². The lowest BCUT2D eigenvalue weighted by atomic mass is 10.2. The van der Waals surface area contributed by atoms with Crippen molar-refractivity contribution >= 4 is 59.0 Å². The molecule has 1 aromatic carbocycles. The van der Waals surface area contributed by atoms with E-state index in [2.05, 4.69) is 16.0 Å². The summed E-state index contributed by atoms with van der Waals surface area (Å²) in [4.78, 5) is 24.5. The molecule has 0 bridgehead atoms. The maximum atomic E-state index is 12.3. The van der Waals surface area contributed by atoms with Gasteiger partial charge in [-0.05, 0) is 30.3 Å². The fourth-order valence-corrected chi connectivity index (χ4v) is 3.62. The first-order chi connectivity index (χ1) is 12.1. The van der Waals surface area contributed by atoms with Crippen molar-refractivity contribution in [2.75, 3.05) is 28.7 Å². The standard InChI is InChI=1S/C17H18ClN3O3S.ClH/c18-11-3-4-13(20-16(22)9-12-10-25-7-5-19-12)14(8-11)21-17(23)15-2-1-6-24-15;/h1-4,6,8,12,19H,5,7,9-10H2,(H,20,22)(H,21,23);1H. The molecule has 1 aromatic heterocycles. The fourth-order valence-electron chi connectivity index (χ4n) is 2.50. The highest BCUT2D eigenvalue weighted by Crippen LogP contribution is 2.27. The predicted molar refractivity (Wildman–Crippen MR) is 108 cm³/mol. The van der Waals surface area contributed by atoms with E-state index in [9.17, 15) is 9.59 Å². The maximum absolute atomic E-state index is 12.3. The Hall–Kier alpha value is -1.67. The second-order valence-corrected chi connectivity index (χ2v) is 7.19. The molecule has 9 heteroatoms. The van der Waals surface area contributed by atoms with Crippen LogP contribution < -0.4 is 16.0 Å². The number of carbonyl (C=O) groups excluding carboxylic acids is 2. The summed E-state index contributed by atoms with van der Waals surface area (Å²) in [6.45, 7) is 0.911. The molecular weight excluding hydrogens is 397 g/mol. The Bertz CT molecular complexity index is 750. The van der Waals surface area contributed by atoms with Crippen LogP contribution in [0.3, 0.4) is 0 Å². The van der Waals surface area contributed by atoms with Crippen LogP contribution in [-0.4, -0.2) is 35.9 Å². The van der Waals surface area contributed by atoms with Crippen molar-refractivity contribution in [3.63, 3.8) is 0 Å². The number of amides is 2. The van der Waals surface area contributed by atoms with Crippen LogP contribution in [-0.2, 0) is 4.79 Å². The van der Waals surface area contributed by atoms with Crippen LogP contribution in [0, 0.1) is 0 Å². The maximum Gasteiger partial charge on any atom is 0.291 e. The quantitative estimate of drug-likeness (QED) is 0.693. The molecule has 0 radical (unpaired) electrons. The molecule has 2 aromatic rings. The van der Waals surface area contributed by atoms with Gasteiger partial charge in [-0.1, -0.05) is 11.6 Å². The SMILES string of the molecule is Cl.O=C(CC1CSCCN1)Nc1ccc(Cl)cc1NC(=O)c1ccco1. The second-order valence-electron chi connectivity index (χ2n) is 5.60.